The van der Waals surface area contributed by atoms with Crippen molar-refractivity contribution >= 4 is 11.7 Å². The van der Waals surface area contributed by atoms with Gasteiger partial charge >= 0.3 is 0 Å². The molecule has 11 nitrogen and oxygen atoms in total. The molecule has 0 bridgehead atoms. The zero-order valence-electron chi connectivity index (χ0n) is 15.8. The second kappa shape index (κ2) is 8.31. The Morgan fingerprint density at radius 2 is 2.00 bits per heavy atom. The first-order valence-corrected chi connectivity index (χ1v) is 8.82. The van der Waals surface area contributed by atoms with Crippen LogP contribution in [0.5, 0.6) is 5.75 Å². The summed E-state index contributed by atoms with van der Waals surface area (Å²) in [6.45, 7) is -0.287. The van der Waals surface area contributed by atoms with Crippen LogP contribution < -0.4 is 15.6 Å². The highest BCUT2D eigenvalue weighted by molar-refractivity contribution is 5.89. The Hall–Kier alpha value is -4.41. The number of carbonyl (C=O) groups excluding carboxylic acids is 1. The van der Waals surface area contributed by atoms with E-state index in [1.54, 1.807) is 19.2 Å². The van der Waals surface area contributed by atoms with Gasteiger partial charge in [0.05, 0.1) is 12.8 Å². The summed E-state index contributed by atoms with van der Waals surface area (Å²) in [5.74, 6) is 0.840. The Bertz CT molecular complexity index is 1240. The standard InChI is InChI=1S/C19H16N8O3/c1-30-15-5-3-2-4-13(15)14-6-7-19(29)26(25-14)9-18(28)24-16-8-17(22-11-21-16)27-12-20-10-23-27/h2-8,10-12H,9H2,1H3,(H,21,22,24,28). The number of methoxy groups -OCH3 is 1. The van der Waals surface area contributed by atoms with Crippen LogP contribution in [-0.4, -0.2) is 47.5 Å². The third-order valence-corrected chi connectivity index (χ3v) is 4.12. The van der Waals surface area contributed by atoms with Crippen molar-refractivity contribution < 1.29 is 9.53 Å². The van der Waals surface area contributed by atoms with E-state index in [4.69, 9.17) is 4.74 Å². The molecule has 30 heavy (non-hydrogen) atoms. The summed E-state index contributed by atoms with van der Waals surface area (Å²) in [4.78, 5) is 36.6. The van der Waals surface area contributed by atoms with Gasteiger partial charge in [0.1, 0.15) is 37.1 Å². The zero-order chi connectivity index (χ0) is 20.9. The predicted octanol–water partition coefficient (Wildman–Crippen LogP) is 0.928. The van der Waals surface area contributed by atoms with Crippen LogP contribution in [0, 0.1) is 0 Å². The van der Waals surface area contributed by atoms with E-state index in [-0.39, 0.29) is 12.4 Å². The van der Waals surface area contributed by atoms with Crippen LogP contribution in [0.4, 0.5) is 5.82 Å². The number of ether oxygens (including phenoxy) is 1. The van der Waals surface area contributed by atoms with Crippen LogP contribution in [0.2, 0.25) is 0 Å². The topological polar surface area (TPSA) is 130 Å². The average molecular weight is 404 g/mol. The maximum Gasteiger partial charge on any atom is 0.267 e. The number of nitrogens with zero attached hydrogens (tertiary/aromatic N) is 7. The molecule has 3 heterocycles. The SMILES string of the molecule is COc1ccccc1-c1ccc(=O)n(CC(=O)Nc2cc(-n3cncn3)ncn2)n1. The quantitative estimate of drug-likeness (QED) is 0.502. The molecule has 0 radical (unpaired) electrons. The van der Waals surface area contributed by atoms with E-state index in [9.17, 15) is 9.59 Å². The first kappa shape index (κ1) is 18.9. The van der Waals surface area contributed by atoms with Gasteiger partial charge in [0.25, 0.3) is 5.56 Å². The molecular weight excluding hydrogens is 388 g/mol. The number of amides is 1. The van der Waals surface area contributed by atoms with Crippen LogP contribution in [0.15, 0.2) is 66.2 Å². The highest BCUT2D eigenvalue weighted by Crippen LogP contribution is 2.27. The molecule has 0 aliphatic rings. The zero-order valence-corrected chi connectivity index (χ0v) is 15.8. The molecule has 4 rings (SSSR count). The predicted molar refractivity (Wildman–Crippen MR) is 106 cm³/mol. The fraction of sp³-hybridized carbons (Fsp3) is 0.105. The van der Waals surface area contributed by atoms with E-state index >= 15 is 0 Å². The van der Waals surface area contributed by atoms with Gasteiger partial charge in [-0.1, -0.05) is 12.1 Å². The third-order valence-electron chi connectivity index (χ3n) is 4.12. The molecule has 1 N–H and O–H groups in total. The van der Waals surface area contributed by atoms with Crippen molar-refractivity contribution in [2.75, 3.05) is 12.4 Å². The van der Waals surface area contributed by atoms with Crippen LogP contribution in [-0.2, 0) is 11.3 Å². The fourth-order valence-electron chi connectivity index (χ4n) is 2.75. The molecule has 0 unspecified atom stereocenters. The van der Waals surface area contributed by atoms with E-state index in [0.717, 1.165) is 4.68 Å². The molecule has 0 aliphatic carbocycles. The minimum Gasteiger partial charge on any atom is -0.496 e. The number of aromatic nitrogens is 7. The molecule has 0 saturated carbocycles. The molecule has 0 atom stereocenters. The summed E-state index contributed by atoms with van der Waals surface area (Å²) >= 11 is 0. The summed E-state index contributed by atoms with van der Waals surface area (Å²) in [5.41, 5.74) is 0.813. The van der Waals surface area contributed by atoms with Gasteiger partial charge in [-0.2, -0.15) is 10.2 Å². The van der Waals surface area contributed by atoms with Crippen LogP contribution in [0.25, 0.3) is 17.1 Å². The molecule has 150 valence electrons. The smallest absolute Gasteiger partial charge is 0.267 e. The summed E-state index contributed by atoms with van der Waals surface area (Å²) in [5, 5.41) is 10.9. The first-order valence-electron chi connectivity index (χ1n) is 8.82. The number of rotatable bonds is 6. The number of carbonyl (C=O) groups is 1. The molecule has 0 spiro atoms. The Morgan fingerprint density at radius 3 is 2.80 bits per heavy atom. The Kier molecular flexibility index (Phi) is 5.24. The van der Waals surface area contributed by atoms with E-state index < -0.39 is 11.5 Å². The Balaban J connectivity index is 1.54. The maximum absolute atomic E-state index is 12.5. The average Bonchev–Trinajstić information content (AvgIpc) is 3.30. The van der Waals surface area contributed by atoms with Gasteiger partial charge < -0.3 is 10.1 Å². The second-order valence-electron chi connectivity index (χ2n) is 6.06. The minimum atomic E-state index is -0.468. The molecule has 1 amide bonds. The molecule has 0 fully saturated rings. The van der Waals surface area contributed by atoms with Crippen molar-refractivity contribution in [3.05, 3.63) is 71.8 Å². The first-order chi connectivity index (χ1) is 14.6. The van der Waals surface area contributed by atoms with Crippen molar-refractivity contribution in [2.24, 2.45) is 0 Å². The maximum atomic E-state index is 12.5. The molecule has 1 aromatic carbocycles. The van der Waals surface area contributed by atoms with E-state index in [2.05, 4.69) is 30.5 Å². The third kappa shape index (κ3) is 4.04. The van der Waals surface area contributed by atoms with Gasteiger partial charge in [0.2, 0.25) is 5.91 Å². The van der Waals surface area contributed by atoms with Crippen molar-refractivity contribution in [2.45, 2.75) is 6.54 Å². The second-order valence-corrected chi connectivity index (χ2v) is 6.06. The lowest BCUT2D eigenvalue weighted by molar-refractivity contribution is -0.117. The number of hydrogen-bond acceptors (Lipinski definition) is 8. The highest BCUT2D eigenvalue weighted by atomic mass is 16.5. The largest absolute Gasteiger partial charge is 0.496 e. The van der Waals surface area contributed by atoms with Crippen molar-refractivity contribution in [1.29, 1.82) is 0 Å². The monoisotopic (exact) mass is 404 g/mol. The Morgan fingerprint density at radius 1 is 1.13 bits per heavy atom. The number of para-hydroxylation sites is 1. The Labute approximate surface area is 170 Å². The van der Waals surface area contributed by atoms with Gasteiger partial charge in [-0.3, -0.25) is 9.59 Å². The number of hydrogen-bond donors (Lipinski definition) is 1. The summed E-state index contributed by atoms with van der Waals surface area (Å²) in [6, 6.07) is 11.8. The van der Waals surface area contributed by atoms with Crippen LogP contribution in [0.3, 0.4) is 0 Å². The van der Waals surface area contributed by atoms with Crippen molar-refractivity contribution in [3.8, 4) is 22.8 Å². The number of benzene rings is 1. The molecular formula is C19H16N8O3. The van der Waals surface area contributed by atoms with E-state index in [1.807, 2.05) is 18.2 Å². The molecule has 4 aromatic rings. The summed E-state index contributed by atoms with van der Waals surface area (Å²) < 4.78 is 7.85. The molecule has 0 aliphatic heterocycles. The molecule has 0 saturated heterocycles. The van der Waals surface area contributed by atoms with Gasteiger partial charge in [0.15, 0.2) is 5.82 Å². The van der Waals surface area contributed by atoms with Crippen LogP contribution in [0.1, 0.15) is 0 Å². The lowest BCUT2D eigenvalue weighted by atomic mass is 10.1. The summed E-state index contributed by atoms with van der Waals surface area (Å²) in [6.07, 6.45) is 4.13. The fourth-order valence-corrected chi connectivity index (χ4v) is 2.75. The normalized spacial score (nSPS) is 10.6. The van der Waals surface area contributed by atoms with Crippen LogP contribution >= 0.6 is 0 Å². The van der Waals surface area contributed by atoms with Crippen molar-refractivity contribution in [3.63, 3.8) is 0 Å². The number of nitrogens with one attached hydrogen (secondary N) is 1. The van der Waals surface area contributed by atoms with Gasteiger partial charge in [-0.25, -0.2) is 24.3 Å². The lowest BCUT2D eigenvalue weighted by Crippen LogP contribution is -2.29. The van der Waals surface area contributed by atoms with Gasteiger partial charge in [0, 0.05) is 17.7 Å². The lowest BCUT2D eigenvalue weighted by Gasteiger charge is -2.10. The summed E-state index contributed by atoms with van der Waals surface area (Å²) in [7, 11) is 1.55. The van der Waals surface area contributed by atoms with Gasteiger partial charge in [-0.05, 0) is 18.2 Å². The van der Waals surface area contributed by atoms with Crippen molar-refractivity contribution in [1.82, 2.24) is 34.5 Å². The number of anilines is 1. The van der Waals surface area contributed by atoms with E-state index in [0.29, 0.717) is 22.8 Å². The molecule has 3 aromatic heterocycles. The van der Waals surface area contributed by atoms with Gasteiger partial charge in [-0.15, -0.1) is 0 Å². The minimum absolute atomic E-state index is 0.259. The molecule has 11 heteroatoms. The highest BCUT2D eigenvalue weighted by Gasteiger charge is 2.12. The van der Waals surface area contributed by atoms with E-state index in [1.165, 1.54) is 35.8 Å².